The second-order valence-electron chi connectivity index (χ2n) is 3.83. The summed E-state index contributed by atoms with van der Waals surface area (Å²) in [4.78, 5) is 0. The fourth-order valence-electron chi connectivity index (χ4n) is 1.68. The Labute approximate surface area is 89.6 Å². The van der Waals surface area contributed by atoms with Gasteiger partial charge in [-0.3, -0.25) is 0 Å². The highest BCUT2D eigenvalue weighted by atomic mass is 16.5. The normalized spacial score (nSPS) is 17.3. The molecule has 0 aliphatic heterocycles. The summed E-state index contributed by atoms with van der Waals surface area (Å²) in [7, 11) is 1.62. The number of aliphatic hydroxyl groups is 1. The van der Waals surface area contributed by atoms with Gasteiger partial charge in [-0.15, -0.1) is 0 Å². The van der Waals surface area contributed by atoms with Crippen LogP contribution in [0.5, 0.6) is 11.5 Å². The van der Waals surface area contributed by atoms with Gasteiger partial charge < -0.3 is 14.6 Å². The lowest BCUT2D eigenvalue weighted by atomic mass is 10.1. The van der Waals surface area contributed by atoms with Gasteiger partial charge in [0.25, 0.3) is 0 Å². The van der Waals surface area contributed by atoms with Crippen molar-refractivity contribution in [1.82, 2.24) is 0 Å². The first kappa shape index (κ1) is 10.3. The first-order valence-corrected chi connectivity index (χ1v) is 5.23. The lowest BCUT2D eigenvalue weighted by molar-refractivity contribution is 0.146. The van der Waals surface area contributed by atoms with Crippen molar-refractivity contribution in [2.75, 3.05) is 13.7 Å². The molecule has 2 rings (SSSR count). The van der Waals surface area contributed by atoms with Crippen LogP contribution >= 0.6 is 0 Å². The number of benzene rings is 1. The Morgan fingerprint density at radius 3 is 2.67 bits per heavy atom. The molecule has 3 heteroatoms. The van der Waals surface area contributed by atoms with Crippen LogP contribution in [0.1, 0.15) is 25.3 Å². The van der Waals surface area contributed by atoms with Gasteiger partial charge in [-0.1, -0.05) is 0 Å². The number of hydrogen-bond acceptors (Lipinski definition) is 3. The van der Waals surface area contributed by atoms with Gasteiger partial charge in [0.2, 0.25) is 0 Å². The quantitative estimate of drug-likeness (QED) is 0.823. The Morgan fingerprint density at radius 1 is 1.40 bits per heavy atom. The van der Waals surface area contributed by atoms with Gasteiger partial charge in [-0.25, -0.2) is 0 Å². The molecule has 0 atom stereocenters. The van der Waals surface area contributed by atoms with E-state index in [1.807, 2.05) is 25.1 Å². The molecule has 0 radical (unpaired) electrons. The van der Waals surface area contributed by atoms with Gasteiger partial charge in [-0.05, 0) is 31.9 Å². The van der Waals surface area contributed by atoms with Crippen LogP contribution in [0.15, 0.2) is 18.2 Å². The maximum atomic E-state index is 10.1. The number of rotatable bonds is 4. The van der Waals surface area contributed by atoms with E-state index < -0.39 is 5.60 Å². The summed E-state index contributed by atoms with van der Waals surface area (Å²) in [5.74, 6) is 1.49. The number of ether oxygens (including phenoxy) is 2. The number of methoxy groups -OCH3 is 1. The van der Waals surface area contributed by atoms with Crippen LogP contribution in [0.25, 0.3) is 0 Å². The van der Waals surface area contributed by atoms with Crippen molar-refractivity contribution in [2.24, 2.45) is 0 Å². The molecule has 0 saturated heterocycles. The standard InChI is InChI=1S/C12H16O3/c1-3-15-11-8-9(14-2)4-5-10(11)12(13)6-7-12/h4-5,8,13H,3,6-7H2,1-2H3. The van der Waals surface area contributed by atoms with Gasteiger partial charge in [0.05, 0.1) is 19.3 Å². The predicted molar refractivity (Wildman–Crippen MR) is 57.3 cm³/mol. The van der Waals surface area contributed by atoms with Crippen LogP contribution in [0.4, 0.5) is 0 Å². The predicted octanol–water partition coefficient (Wildman–Crippen LogP) is 2.08. The van der Waals surface area contributed by atoms with E-state index in [9.17, 15) is 5.11 Å². The fraction of sp³-hybridized carbons (Fsp3) is 0.500. The lowest BCUT2D eigenvalue weighted by Crippen LogP contribution is -2.08. The van der Waals surface area contributed by atoms with E-state index in [-0.39, 0.29) is 0 Å². The zero-order valence-electron chi connectivity index (χ0n) is 9.12. The highest BCUT2D eigenvalue weighted by Gasteiger charge is 2.44. The minimum absolute atomic E-state index is 0.593. The SMILES string of the molecule is CCOc1cc(OC)ccc1C1(O)CC1. The molecule has 1 aromatic carbocycles. The molecule has 1 fully saturated rings. The Morgan fingerprint density at radius 2 is 2.13 bits per heavy atom. The van der Waals surface area contributed by atoms with Crippen molar-refractivity contribution in [3.05, 3.63) is 23.8 Å². The van der Waals surface area contributed by atoms with E-state index >= 15 is 0 Å². The molecule has 0 unspecified atom stereocenters. The van der Waals surface area contributed by atoms with Crippen molar-refractivity contribution in [3.8, 4) is 11.5 Å². The Bertz CT molecular complexity index is 356. The molecule has 1 N–H and O–H groups in total. The summed E-state index contributed by atoms with van der Waals surface area (Å²) in [5, 5.41) is 10.1. The molecule has 82 valence electrons. The van der Waals surface area contributed by atoms with E-state index in [0.717, 1.165) is 29.9 Å². The van der Waals surface area contributed by atoms with E-state index in [2.05, 4.69) is 0 Å². The molecule has 1 aliphatic rings. The second-order valence-corrected chi connectivity index (χ2v) is 3.83. The molecule has 0 aromatic heterocycles. The topological polar surface area (TPSA) is 38.7 Å². The zero-order valence-corrected chi connectivity index (χ0v) is 9.12. The van der Waals surface area contributed by atoms with Crippen LogP contribution in [0.3, 0.4) is 0 Å². The van der Waals surface area contributed by atoms with E-state index in [1.54, 1.807) is 7.11 Å². The summed E-state index contributed by atoms with van der Waals surface area (Å²) >= 11 is 0. The molecule has 0 heterocycles. The maximum Gasteiger partial charge on any atom is 0.129 e. The molecule has 0 spiro atoms. The van der Waals surface area contributed by atoms with Crippen molar-refractivity contribution >= 4 is 0 Å². The largest absolute Gasteiger partial charge is 0.497 e. The highest BCUT2D eigenvalue weighted by Crippen LogP contribution is 2.49. The summed E-state index contributed by atoms with van der Waals surface area (Å²) in [6, 6.07) is 5.57. The summed E-state index contributed by atoms with van der Waals surface area (Å²) in [5.41, 5.74) is 0.224. The molecule has 0 amide bonds. The Balaban J connectivity index is 2.35. The molecule has 1 aliphatic carbocycles. The fourth-order valence-corrected chi connectivity index (χ4v) is 1.68. The van der Waals surface area contributed by atoms with E-state index in [1.165, 1.54) is 0 Å². The maximum absolute atomic E-state index is 10.1. The summed E-state index contributed by atoms with van der Waals surface area (Å²) in [6.45, 7) is 2.52. The Hall–Kier alpha value is -1.22. The number of hydrogen-bond donors (Lipinski definition) is 1. The van der Waals surface area contributed by atoms with Crippen LogP contribution in [0, 0.1) is 0 Å². The van der Waals surface area contributed by atoms with Crippen LogP contribution in [-0.4, -0.2) is 18.8 Å². The molecule has 0 bridgehead atoms. The highest BCUT2D eigenvalue weighted by molar-refractivity contribution is 5.45. The Kier molecular flexibility index (Phi) is 2.57. The van der Waals surface area contributed by atoms with Gasteiger partial charge in [0, 0.05) is 11.6 Å². The molecule has 1 aromatic rings. The average molecular weight is 208 g/mol. The first-order valence-electron chi connectivity index (χ1n) is 5.23. The smallest absolute Gasteiger partial charge is 0.129 e. The molecule has 15 heavy (non-hydrogen) atoms. The minimum Gasteiger partial charge on any atom is -0.497 e. The van der Waals surface area contributed by atoms with Crippen LogP contribution < -0.4 is 9.47 Å². The third-order valence-corrected chi connectivity index (χ3v) is 2.71. The minimum atomic E-state index is -0.656. The lowest BCUT2D eigenvalue weighted by Gasteiger charge is -2.15. The molecular weight excluding hydrogens is 192 g/mol. The monoisotopic (exact) mass is 208 g/mol. The molecule has 1 saturated carbocycles. The van der Waals surface area contributed by atoms with Crippen LogP contribution in [-0.2, 0) is 5.60 Å². The van der Waals surface area contributed by atoms with Gasteiger partial charge in [0.1, 0.15) is 11.5 Å². The summed E-state index contributed by atoms with van der Waals surface area (Å²) < 4.78 is 10.6. The van der Waals surface area contributed by atoms with Gasteiger partial charge in [-0.2, -0.15) is 0 Å². The summed E-state index contributed by atoms with van der Waals surface area (Å²) in [6.07, 6.45) is 1.64. The zero-order chi connectivity index (χ0) is 10.9. The van der Waals surface area contributed by atoms with Crippen molar-refractivity contribution in [3.63, 3.8) is 0 Å². The van der Waals surface area contributed by atoms with Crippen LogP contribution in [0.2, 0.25) is 0 Å². The van der Waals surface area contributed by atoms with Crippen molar-refractivity contribution in [2.45, 2.75) is 25.4 Å². The van der Waals surface area contributed by atoms with Gasteiger partial charge >= 0.3 is 0 Å². The van der Waals surface area contributed by atoms with E-state index in [4.69, 9.17) is 9.47 Å². The first-order chi connectivity index (χ1) is 7.19. The van der Waals surface area contributed by atoms with Crippen molar-refractivity contribution in [1.29, 1.82) is 0 Å². The van der Waals surface area contributed by atoms with E-state index in [0.29, 0.717) is 6.61 Å². The molecular formula is C12H16O3. The third kappa shape index (κ3) is 1.92. The van der Waals surface area contributed by atoms with Crippen molar-refractivity contribution < 1.29 is 14.6 Å². The second kappa shape index (κ2) is 3.74. The molecule has 3 nitrogen and oxygen atoms in total. The average Bonchev–Trinajstić information content (AvgIpc) is 2.98. The van der Waals surface area contributed by atoms with Gasteiger partial charge in [0.15, 0.2) is 0 Å². The third-order valence-electron chi connectivity index (χ3n) is 2.71.